The van der Waals surface area contributed by atoms with Gasteiger partial charge in [0.05, 0.1) is 12.2 Å². The van der Waals surface area contributed by atoms with E-state index in [1.165, 1.54) is 46.1 Å². The number of thiophene rings is 1. The average Bonchev–Trinajstić information content (AvgIpc) is 3.26. The van der Waals surface area contributed by atoms with Crippen LogP contribution in [0.2, 0.25) is 0 Å². The van der Waals surface area contributed by atoms with E-state index in [2.05, 4.69) is 27.3 Å². The van der Waals surface area contributed by atoms with Gasteiger partial charge in [-0.25, -0.2) is 4.98 Å². The summed E-state index contributed by atoms with van der Waals surface area (Å²) in [6, 6.07) is 4.78. The predicted octanol–water partition coefficient (Wildman–Crippen LogP) is 3.15. The van der Waals surface area contributed by atoms with Crippen molar-refractivity contribution in [2.24, 2.45) is 0 Å². The Bertz CT molecular complexity index is 647. The van der Waals surface area contributed by atoms with Crippen LogP contribution in [0.1, 0.15) is 39.7 Å². The highest BCUT2D eigenvalue weighted by molar-refractivity contribution is 7.11. The van der Waals surface area contributed by atoms with Crippen LogP contribution in [0.3, 0.4) is 0 Å². The smallest absolute Gasteiger partial charge is 0.107 e. The van der Waals surface area contributed by atoms with Gasteiger partial charge in [0.25, 0.3) is 0 Å². The predicted molar refractivity (Wildman–Crippen MR) is 104 cm³/mol. The van der Waals surface area contributed by atoms with E-state index in [4.69, 9.17) is 4.98 Å². The summed E-state index contributed by atoms with van der Waals surface area (Å²) in [6.45, 7) is 5.47. The minimum Gasteiger partial charge on any atom is -0.396 e. The van der Waals surface area contributed by atoms with E-state index < -0.39 is 0 Å². The maximum atomic E-state index is 9.50. The maximum Gasteiger partial charge on any atom is 0.107 e. The molecule has 3 heterocycles. The first-order valence-corrected chi connectivity index (χ1v) is 11.1. The quantitative estimate of drug-likeness (QED) is 0.839. The van der Waals surface area contributed by atoms with Gasteiger partial charge in [0.1, 0.15) is 5.01 Å². The van der Waals surface area contributed by atoms with Crippen LogP contribution in [0.25, 0.3) is 0 Å². The molecule has 25 heavy (non-hydrogen) atoms. The van der Waals surface area contributed by atoms with Crippen molar-refractivity contribution in [3.05, 3.63) is 38.0 Å². The Hall–Kier alpha value is -0.790. The molecule has 1 aliphatic carbocycles. The van der Waals surface area contributed by atoms with Crippen molar-refractivity contribution < 1.29 is 5.11 Å². The van der Waals surface area contributed by atoms with E-state index in [1.54, 1.807) is 0 Å². The fourth-order valence-electron chi connectivity index (χ4n) is 4.00. The monoisotopic (exact) mass is 377 g/mol. The number of hydrogen-bond acceptors (Lipinski definition) is 6. The minimum absolute atomic E-state index is 0.269. The Morgan fingerprint density at radius 1 is 1.20 bits per heavy atom. The molecular weight excluding hydrogens is 350 g/mol. The largest absolute Gasteiger partial charge is 0.396 e. The van der Waals surface area contributed by atoms with Crippen molar-refractivity contribution in [2.45, 2.75) is 51.2 Å². The standard InChI is InChI=1S/C19H27N3OS2/c23-10-7-15-12-21(8-9-22(15)13-16-4-3-11-24-16)14-19-20-17-5-1-2-6-18(17)25-19/h3-4,11,15,23H,1-2,5-10,12-14H2/t15-/m1/s1. The zero-order chi connectivity index (χ0) is 17.1. The third-order valence-corrected chi connectivity index (χ3v) is 7.34. The van der Waals surface area contributed by atoms with Gasteiger partial charge in [0.15, 0.2) is 0 Å². The molecule has 2 aliphatic rings. The molecule has 0 unspecified atom stereocenters. The Labute approximate surface area is 158 Å². The third kappa shape index (κ3) is 4.31. The molecule has 2 aromatic heterocycles. The SMILES string of the molecule is OCC[C@@H]1CN(Cc2nc3c(s2)CCCC3)CCN1Cc1cccs1. The Morgan fingerprint density at radius 2 is 2.12 bits per heavy atom. The fourth-order valence-corrected chi connectivity index (χ4v) is 5.93. The Kier molecular flexibility index (Phi) is 5.83. The summed E-state index contributed by atoms with van der Waals surface area (Å²) in [6.07, 6.45) is 5.89. The van der Waals surface area contributed by atoms with Crippen molar-refractivity contribution in [3.63, 3.8) is 0 Å². The molecular formula is C19H27N3OS2. The molecule has 0 radical (unpaired) electrons. The highest BCUT2D eigenvalue weighted by Crippen LogP contribution is 2.28. The number of aromatic nitrogens is 1. The van der Waals surface area contributed by atoms with Crippen LogP contribution in [-0.4, -0.2) is 52.2 Å². The summed E-state index contributed by atoms with van der Waals surface area (Å²) in [4.78, 5) is 12.9. The number of rotatable bonds is 6. The van der Waals surface area contributed by atoms with Gasteiger partial charge in [0, 0.05) is 48.6 Å². The van der Waals surface area contributed by atoms with Crippen LogP contribution < -0.4 is 0 Å². The fraction of sp³-hybridized carbons (Fsp3) is 0.632. The Balaban J connectivity index is 1.38. The van der Waals surface area contributed by atoms with Gasteiger partial charge in [-0.2, -0.15) is 0 Å². The van der Waals surface area contributed by atoms with Crippen molar-refractivity contribution >= 4 is 22.7 Å². The molecule has 2 aromatic rings. The molecule has 1 atom stereocenters. The lowest BCUT2D eigenvalue weighted by Crippen LogP contribution is -2.52. The van der Waals surface area contributed by atoms with Crippen molar-refractivity contribution in [1.29, 1.82) is 0 Å². The van der Waals surface area contributed by atoms with Gasteiger partial charge >= 0.3 is 0 Å². The average molecular weight is 378 g/mol. The number of nitrogens with zero attached hydrogens (tertiary/aromatic N) is 3. The van der Waals surface area contributed by atoms with Crippen LogP contribution in [0.4, 0.5) is 0 Å². The molecule has 4 nitrogen and oxygen atoms in total. The molecule has 0 spiro atoms. The van der Waals surface area contributed by atoms with E-state index in [1.807, 2.05) is 22.7 Å². The second-order valence-corrected chi connectivity index (χ2v) is 9.34. The number of aryl methyl sites for hydroxylation is 2. The third-order valence-electron chi connectivity index (χ3n) is 5.34. The molecule has 1 N–H and O–H groups in total. The molecule has 4 rings (SSSR count). The summed E-state index contributed by atoms with van der Waals surface area (Å²) in [5.41, 5.74) is 1.37. The van der Waals surface area contributed by atoms with Gasteiger partial charge in [-0.1, -0.05) is 6.07 Å². The number of piperazine rings is 1. The summed E-state index contributed by atoms with van der Waals surface area (Å²) >= 11 is 3.76. The number of fused-ring (bicyclic) bond motifs is 1. The van der Waals surface area contributed by atoms with Crippen LogP contribution >= 0.6 is 22.7 Å². The molecule has 6 heteroatoms. The first kappa shape index (κ1) is 17.6. The van der Waals surface area contributed by atoms with Crippen LogP contribution in [0, 0.1) is 0 Å². The van der Waals surface area contributed by atoms with Crippen molar-refractivity contribution in [3.8, 4) is 0 Å². The lowest BCUT2D eigenvalue weighted by molar-refractivity contribution is 0.0506. The van der Waals surface area contributed by atoms with Crippen LogP contribution in [0.5, 0.6) is 0 Å². The van der Waals surface area contributed by atoms with E-state index >= 15 is 0 Å². The van der Waals surface area contributed by atoms with E-state index in [0.717, 1.165) is 39.1 Å². The molecule has 1 aliphatic heterocycles. The van der Waals surface area contributed by atoms with Crippen LogP contribution in [0.15, 0.2) is 17.5 Å². The van der Waals surface area contributed by atoms with Gasteiger partial charge in [-0.05, 0) is 43.6 Å². The number of hydrogen-bond donors (Lipinski definition) is 1. The molecule has 0 aromatic carbocycles. The van der Waals surface area contributed by atoms with E-state index in [9.17, 15) is 5.11 Å². The second-order valence-electron chi connectivity index (χ2n) is 7.14. The lowest BCUT2D eigenvalue weighted by atomic mass is 10.0. The zero-order valence-electron chi connectivity index (χ0n) is 14.7. The number of aliphatic hydroxyl groups excluding tert-OH is 1. The summed E-state index contributed by atoms with van der Waals surface area (Å²) < 4.78 is 0. The van der Waals surface area contributed by atoms with E-state index in [-0.39, 0.29) is 6.61 Å². The van der Waals surface area contributed by atoms with Gasteiger partial charge < -0.3 is 5.11 Å². The Morgan fingerprint density at radius 3 is 2.92 bits per heavy atom. The summed E-state index contributed by atoms with van der Waals surface area (Å²) in [5, 5.41) is 12.9. The van der Waals surface area contributed by atoms with Crippen LogP contribution in [-0.2, 0) is 25.9 Å². The number of aliphatic hydroxyl groups is 1. The molecule has 136 valence electrons. The molecule has 0 saturated carbocycles. The van der Waals surface area contributed by atoms with Crippen molar-refractivity contribution in [2.75, 3.05) is 26.2 Å². The first-order valence-electron chi connectivity index (χ1n) is 9.39. The first-order chi connectivity index (χ1) is 12.3. The van der Waals surface area contributed by atoms with E-state index in [0.29, 0.717) is 6.04 Å². The van der Waals surface area contributed by atoms with Crippen molar-refractivity contribution in [1.82, 2.24) is 14.8 Å². The molecule has 0 bridgehead atoms. The van der Waals surface area contributed by atoms with Gasteiger partial charge in [0.2, 0.25) is 0 Å². The lowest BCUT2D eigenvalue weighted by Gasteiger charge is -2.41. The highest BCUT2D eigenvalue weighted by atomic mass is 32.1. The number of thiazole rings is 1. The maximum absolute atomic E-state index is 9.50. The summed E-state index contributed by atoms with van der Waals surface area (Å²) in [7, 11) is 0. The summed E-state index contributed by atoms with van der Waals surface area (Å²) in [5.74, 6) is 0. The molecule has 1 fully saturated rings. The normalized spacial score (nSPS) is 22.2. The van der Waals surface area contributed by atoms with Gasteiger partial charge in [-0.3, -0.25) is 9.80 Å². The molecule has 0 amide bonds. The molecule has 1 saturated heterocycles. The zero-order valence-corrected chi connectivity index (χ0v) is 16.3. The highest BCUT2D eigenvalue weighted by Gasteiger charge is 2.27. The minimum atomic E-state index is 0.269. The van der Waals surface area contributed by atoms with Gasteiger partial charge in [-0.15, -0.1) is 22.7 Å². The second kappa shape index (κ2) is 8.27. The topological polar surface area (TPSA) is 39.6 Å².